The van der Waals surface area contributed by atoms with Gasteiger partial charge in [-0.15, -0.1) is 0 Å². The van der Waals surface area contributed by atoms with Gasteiger partial charge in [0.2, 0.25) is 0 Å². The van der Waals surface area contributed by atoms with Crippen LogP contribution in [0.2, 0.25) is 0 Å². The smallest absolute Gasteiger partial charge is 0.462 e. The summed E-state index contributed by atoms with van der Waals surface area (Å²) in [5.74, 6) is -1.07. The highest BCUT2D eigenvalue weighted by Gasteiger charge is 2.26. The number of hydrogen-bond acceptors (Lipinski definition) is 10. The number of aliphatic hydroxyl groups excluding tert-OH is 2. The zero-order valence-corrected chi connectivity index (χ0v) is 33.6. The van der Waals surface area contributed by atoms with Gasteiger partial charge in [0.1, 0.15) is 6.61 Å². The molecule has 0 aliphatic carbocycles. The summed E-state index contributed by atoms with van der Waals surface area (Å²) in [5.41, 5.74) is 5.32. The third-order valence-electron chi connectivity index (χ3n) is 8.08. The molecule has 0 rings (SSSR count). The average molecular weight is 770 g/mol. The van der Waals surface area contributed by atoms with E-state index in [0.29, 0.717) is 25.7 Å². The van der Waals surface area contributed by atoms with E-state index in [1.165, 1.54) is 25.7 Å². The minimum absolute atomic E-state index is 0.0124. The van der Waals surface area contributed by atoms with Gasteiger partial charge in [0.05, 0.1) is 25.4 Å². The van der Waals surface area contributed by atoms with Crippen molar-refractivity contribution in [3.63, 3.8) is 0 Å². The van der Waals surface area contributed by atoms with Gasteiger partial charge >= 0.3 is 19.8 Å². The Kier molecular flexibility index (Phi) is 35.0. The monoisotopic (exact) mass is 769 g/mol. The summed E-state index contributed by atoms with van der Waals surface area (Å²) >= 11 is 0. The molecule has 11 nitrogen and oxygen atoms in total. The fraction of sp³-hybridized carbons (Fsp3) is 0.707. The van der Waals surface area contributed by atoms with E-state index in [0.717, 1.165) is 64.2 Å². The first-order valence-corrected chi connectivity index (χ1v) is 21.5. The Hall–Kier alpha value is -2.37. The highest BCUT2D eigenvalue weighted by molar-refractivity contribution is 7.47. The van der Waals surface area contributed by atoms with Crippen LogP contribution < -0.4 is 5.73 Å². The lowest BCUT2D eigenvalue weighted by Crippen LogP contribution is -2.29. The number of aliphatic hydroxyl groups is 2. The number of allylic oxidation sites excluding steroid dienone is 8. The molecule has 0 aromatic heterocycles. The topological polar surface area (TPSA) is 175 Å². The molecule has 0 radical (unpaired) electrons. The molecular weight excluding hydrogens is 697 g/mol. The molecule has 0 bridgehead atoms. The van der Waals surface area contributed by atoms with Crippen molar-refractivity contribution in [1.29, 1.82) is 0 Å². The molecule has 0 fully saturated rings. The van der Waals surface area contributed by atoms with Crippen LogP contribution in [0.1, 0.15) is 142 Å². The van der Waals surface area contributed by atoms with Crippen LogP contribution in [0, 0.1) is 0 Å². The van der Waals surface area contributed by atoms with Gasteiger partial charge in [-0.1, -0.05) is 132 Å². The maximum absolute atomic E-state index is 12.6. The number of rotatable bonds is 36. The van der Waals surface area contributed by atoms with Gasteiger partial charge in [-0.25, -0.2) is 4.57 Å². The van der Waals surface area contributed by atoms with E-state index in [1.807, 2.05) is 30.4 Å². The zero-order chi connectivity index (χ0) is 39.3. The number of phosphoric acid groups is 1. The Balaban J connectivity index is 4.49. The number of carbonyl (C=O) groups excluding carboxylic acids is 2. The molecule has 0 aromatic carbocycles. The van der Waals surface area contributed by atoms with Gasteiger partial charge in [-0.2, -0.15) is 0 Å². The Morgan fingerprint density at radius 1 is 0.660 bits per heavy atom. The number of phosphoric ester groups is 1. The lowest BCUT2D eigenvalue weighted by molar-refractivity contribution is -0.161. The molecule has 306 valence electrons. The normalized spacial score (nSPS) is 15.2. The molecule has 53 heavy (non-hydrogen) atoms. The first-order chi connectivity index (χ1) is 25.6. The maximum atomic E-state index is 12.6. The molecule has 0 heterocycles. The van der Waals surface area contributed by atoms with Crippen LogP contribution in [-0.2, 0) is 32.7 Å². The van der Waals surface area contributed by atoms with E-state index < -0.39 is 44.7 Å². The lowest BCUT2D eigenvalue weighted by Gasteiger charge is -2.20. The first kappa shape index (κ1) is 50.6. The highest BCUT2D eigenvalue weighted by atomic mass is 31.2. The number of nitrogens with two attached hydrogens (primary N) is 1. The minimum Gasteiger partial charge on any atom is -0.462 e. The average Bonchev–Trinajstić information content (AvgIpc) is 3.13. The van der Waals surface area contributed by atoms with E-state index in [1.54, 1.807) is 18.2 Å². The summed E-state index contributed by atoms with van der Waals surface area (Å²) in [5, 5.41) is 20.1. The summed E-state index contributed by atoms with van der Waals surface area (Å²) < 4.78 is 32.5. The molecule has 0 aliphatic heterocycles. The van der Waals surface area contributed by atoms with Gasteiger partial charge in [0, 0.05) is 19.4 Å². The number of carbonyl (C=O) groups is 2. The van der Waals surface area contributed by atoms with Crippen LogP contribution in [-0.4, -0.2) is 71.7 Å². The highest BCUT2D eigenvalue weighted by Crippen LogP contribution is 2.43. The SMILES string of the molecule is CCCCCC/C=C\CCCCCCCC(=O)OC[C@H](COP(=O)(O)OCCN)OC(=O)CCC[C@H](O)/C=C/C=C\C/C=C\C=C\[C@H](O)CCCCC. The first-order valence-electron chi connectivity index (χ1n) is 20.0. The molecular formula is C41H72NO10P. The fourth-order valence-electron chi connectivity index (χ4n) is 5.02. The van der Waals surface area contributed by atoms with E-state index in [4.69, 9.17) is 24.3 Å². The number of esters is 2. The Bertz CT molecular complexity index is 1090. The summed E-state index contributed by atoms with van der Waals surface area (Å²) in [6.07, 6.45) is 34.7. The molecule has 1 unspecified atom stereocenters. The van der Waals surface area contributed by atoms with Crippen molar-refractivity contribution in [2.45, 2.75) is 161 Å². The quantitative estimate of drug-likeness (QED) is 0.0158. The standard InChI is InChI=1S/C41H72NO10P/c1-3-5-7-8-9-10-11-12-13-14-18-21-25-31-40(45)49-35-39(36-51-53(47,48)50-34-33-42)52-41(46)32-26-30-38(44)29-24-20-17-15-16-19-23-28-37(43)27-22-6-4-2/h10-11,16-17,19-20,23-24,28-29,37-39,43-44H,3-9,12-15,18,21-22,25-27,30-36,42H2,1-2H3,(H,47,48)/b11-10-,19-16-,20-17-,28-23+,29-24+/t37-,38-,39-/m1/s1. The minimum atomic E-state index is -4.44. The van der Waals surface area contributed by atoms with Crippen molar-refractivity contribution in [2.75, 3.05) is 26.4 Å². The van der Waals surface area contributed by atoms with Crippen molar-refractivity contribution in [3.8, 4) is 0 Å². The van der Waals surface area contributed by atoms with Crippen LogP contribution in [0.15, 0.2) is 60.8 Å². The zero-order valence-electron chi connectivity index (χ0n) is 32.7. The third kappa shape index (κ3) is 36.4. The number of hydrogen-bond donors (Lipinski definition) is 4. The molecule has 0 spiro atoms. The van der Waals surface area contributed by atoms with Crippen LogP contribution in [0.5, 0.6) is 0 Å². The van der Waals surface area contributed by atoms with E-state index >= 15 is 0 Å². The molecule has 0 amide bonds. The molecule has 12 heteroatoms. The Morgan fingerprint density at radius 2 is 1.21 bits per heavy atom. The molecule has 0 saturated heterocycles. The van der Waals surface area contributed by atoms with Crippen molar-refractivity contribution in [2.24, 2.45) is 5.73 Å². The number of unbranched alkanes of at least 4 members (excludes halogenated alkanes) is 11. The predicted molar refractivity (Wildman–Crippen MR) is 213 cm³/mol. The van der Waals surface area contributed by atoms with Crippen molar-refractivity contribution >= 4 is 19.8 Å². The Labute approximate surface area is 320 Å². The van der Waals surface area contributed by atoms with Crippen molar-refractivity contribution in [3.05, 3.63) is 60.8 Å². The van der Waals surface area contributed by atoms with E-state index in [-0.39, 0.29) is 32.6 Å². The molecule has 4 atom stereocenters. The van der Waals surface area contributed by atoms with Gasteiger partial charge in [0.15, 0.2) is 6.10 Å². The second kappa shape index (κ2) is 36.6. The largest absolute Gasteiger partial charge is 0.472 e. The molecule has 0 saturated carbocycles. The summed E-state index contributed by atoms with van der Waals surface area (Å²) in [4.78, 5) is 34.8. The summed E-state index contributed by atoms with van der Waals surface area (Å²) in [7, 11) is -4.44. The maximum Gasteiger partial charge on any atom is 0.472 e. The summed E-state index contributed by atoms with van der Waals surface area (Å²) in [6, 6.07) is 0. The second-order valence-electron chi connectivity index (χ2n) is 13.2. The number of ether oxygens (including phenoxy) is 2. The van der Waals surface area contributed by atoms with Crippen LogP contribution in [0.25, 0.3) is 0 Å². The third-order valence-corrected chi connectivity index (χ3v) is 9.07. The van der Waals surface area contributed by atoms with Gasteiger partial charge in [0.25, 0.3) is 0 Å². The summed E-state index contributed by atoms with van der Waals surface area (Å²) in [6.45, 7) is 3.31. The fourth-order valence-corrected chi connectivity index (χ4v) is 5.78. The van der Waals surface area contributed by atoms with E-state index in [2.05, 4.69) is 26.0 Å². The molecule has 5 N–H and O–H groups in total. The molecule has 0 aromatic rings. The van der Waals surface area contributed by atoms with Crippen LogP contribution in [0.4, 0.5) is 0 Å². The van der Waals surface area contributed by atoms with Crippen LogP contribution in [0.3, 0.4) is 0 Å². The van der Waals surface area contributed by atoms with Gasteiger partial charge in [-0.3, -0.25) is 18.6 Å². The van der Waals surface area contributed by atoms with Crippen LogP contribution >= 0.6 is 7.82 Å². The van der Waals surface area contributed by atoms with Crippen molar-refractivity contribution < 1.29 is 47.8 Å². The van der Waals surface area contributed by atoms with Crippen molar-refractivity contribution in [1.82, 2.24) is 0 Å². The lowest BCUT2D eigenvalue weighted by atomic mass is 10.1. The van der Waals surface area contributed by atoms with Gasteiger partial charge in [-0.05, 0) is 57.8 Å². The second-order valence-corrected chi connectivity index (χ2v) is 14.6. The predicted octanol–water partition coefficient (Wildman–Crippen LogP) is 8.88. The van der Waals surface area contributed by atoms with E-state index in [9.17, 15) is 29.3 Å². The van der Waals surface area contributed by atoms with Gasteiger partial charge < -0.3 is 30.3 Å². The Morgan fingerprint density at radius 3 is 1.83 bits per heavy atom. The molecule has 0 aliphatic rings.